The number of hydrogen-bond acceptors (Lipinski definition) is 3. The highest BCUT2D eigenvalue weighted by atomic mass is 15.2. The molecule has 2 aliphatic rings. The molecule has 0 aromatic heterocycles. The second-order valence-electron chi connectivity index (χ2n) is 17.5. The molecule has 1 aliphatic heterocycles. The number of amidine groups is 1. The number of aliphatic imine (C=N–C) groups is 1. The van der Waals surface area contributed by atoms with Gasteiger partial charge in [0, 0.05) is 17.5 Å². The van der Waals surface area contributed by atoms with Crippen molar-refractivity contribution in [2.45, 2.75) is 11.6 Å². The van der Waals surface area contributed by atoms with E-state index < -0.39 is 11.6 Å². The van der Waals surface area contributed by atoms with Crippen LogP contribution >= 0.6 is 0 Å². The topological polar surface area (TPSA) is 51.5 Å². The van der Waals surface area contributed by atoms with Crippen molar-refractivity contribution in [1.29, 1.82) is 5.41 Å². The minimum atomic E-state index is -0.501. The van der Waals surface area contributed by atoms with E-state index in [1.807, 2.05) is 66.9 Å². The van der Waals surface area contributed by atoms with E-state index in [4.69, 9.17) is 10.4 Å². The van der Waals surface area contributed by atoms with Gasteiger partial charge in [-0.3, -0.25) is 10.4 Å². The molecule has 322 valence electrons. The summed E-state index contributed by atoms with van der Waals surface area (Å²) in [5.74, 6) is 0.318. The number of hydrogen-bond donors (Lipinski definition) is 2. The summed E-state index contributed by atoms with van der Waals surface area (Å²) in [5.41, 5.74) is 20.5. The Balaban J connectivity index is 0.827. The molecule has 1 spiro atoms. The summed E-state index contributed by atoms with van der Waals surface area (Å²) >= 11 is 0. The fraction of sp³-hybridized carbons (Fsp3) is 0.0312. The van der Waals surface area contributed by atoms with Gasteiger partial charge in [0.2, 0.25) is 0 Å². The molecule has 1 atom stereocenters. The Morgan fingerprint density at radius 1 is 0.426 bits per heavy atom. The van der Waals surface area contributed by atoms with Crippen LogP contribution in [0.5, 0.6) is 0 Å². The number of benzene rings is 10. The number of nitrogens with one attached hydrogen (secondary N) is 2. The fourth-order valence-electron chi connectivity index (χ4n) is 10.4. The first-order valence-electron chi connectivity index (χ1n) is 23.2. The Hall–Kier alpha value is -8.86. The van der Waals surface area contributed by atoms with Gasteiger partial charge in [-0.15, -0.1) is 0 Å². The monoisotopic (exact) mass is 870 g/mol. The maximum atomic E-state index is 8.97. The molecular formula is C64H46N4. The van der Waals surface area contributed by atoms with Gasteiger partial charge in [-0.2, -0.15) is 0 Å². The molecule has 1 aliphatic carbocycles. The minimum absolute atomic E-state index is 0.318. The highest BCUT2D eigenvalue weighted by molar-refractivity contribution is 5.98. The minimum Gasteiger partial charge on any atom is -0.345 e. The van der Waals surface area contributed by atoms with Crippen LogP contribution in [-0.2, 0) is 5.41 Å². The second kappa shape index (κ2) is 17.2. The van der Waals surface area contributed by atoms with E-state index in [0.717, 1.165) is 44.6 Å². The zero-order chi connectivity index (χ0) is 45.4. The Bertz CT molecular complexity index is 3420. The molecule has 0 amide bonds. The van der Waals surface area contributed by atoms with Crippen molar-refractivity contribution >= 4 is 29.1 Å². The third kappa shape index (κ3) is 7.02. The van der Waals surface area contributed by atoms with Crippen molar-refractivity contribution in [1.82, 2.24) is 5.32 Å². The van der Waals surface area contributed by atoms with E-state index in [1.54, 1.807) is 0 Å². The summed E-state index contributed by atoms with van der Waals surface area (Å²) in [6.07, 6.45) is 1.46. The third-order valence-corrected chi connectivity index (χ3v) is 13.7. The predicted octanol–water partition coefficient (Wildman–Crippen LogP) is 15.6. The first kappa shape index (κ1) is 40.6. The van der Waals surface area contributed by atoms with Crippen molar-refractivity contribution in [2.24, 2.45) is 4.99 Å². The number of nitrogens with zero attached hydrogens (tertiary/aromatic N) is 2. The smallest absolute Gasteiger partial charge is 0.145 e. The van der Waals surface area contributed by atoms with Crippen LogP contribution in [-0.4, -0.2) is 12.1 Å². The Labute approximate surface area is 397 Å². The molecule has 1 heterocycles. The van der Waals surface area contributed by atoms with Gasteiger partial charge in [-0.05, 0) is 108 Å². The summed E-state index contributed by atoms with van der Waals surface area (Å²) in [4.78, 5) is 7.40. The Morgan fingerprint density at radius 3 is 1.51 bits per heavy atom. The molecule has 0 saturated carbocycles. The average molecular weight is 871 g/mol. The summed E-state index contributed by atoms with van der Waals surface area (Å²) in [5, 5.41) is 12.3. The van der Waals surface area contributed by atoms with E-state index in [2.05, 4.69) is 204 Å². The first-order valence-corrected chi connectivity index (χ1v) is 23.2. The van der Waals surface area contributed by atoms with Crippen molar-refractivity contribution in [3.8, 4) is 44.5 Å². The number of rotatable bonds is 9. The van der Waals surface area contributed by atoms with Crippen LogP contribution in [0.3, 0.4) is 0 Å². The molecule has 0 saturated heterocycles. The summed E-state index contributed by atoms with van der Waals surface area (Å²) < 4.78 is 0. The average Bonchev–Trinajstić information content (AvgIpc) is 3.71. The Kier molecular flexibility index (Phi) is 10.3. The lowest BCUT2D eigenvalue weighted by Crippen LogP contribution is -2.36. The van der Waals surface area contributed by atoms with Crippen LogP contribution in [0.2, 0.25) is 0 Å². The maximum absolute atomic E-state index is 8.97. The molecule has 0 fully saturated rings. The molecule has 68 heavy (non-hydrogen) atoms. The van der Waals surface area contributed by atoms with Gasteiger partial charge in [0.15, 0.2) is 0 Å². The molecule has 0 bridgehead atoms. The van der Waals surface area contributed by atoms with Gasteiger partial charge in [0.1, 0.15) is 12.0 Å². The molecule has 10 aromatic carbocycles. The van der Waals surface area contributed by atoms with E-state index >= 15 is 0 Å². The lowest BCUT2D eigenvalue weighted by atomic mass is 9.64. The summed E-state index contributed by atoms with van der Waals surface area (Å²) in [6.45, 7) is 0. The quantitative estimate of drug-likeness (QED) is 0.112. The maximum Gasteiger partial charge on any atom is 0.145 e. The standard InChI is InChI=1S/C64H46N4/c65-62(50-38-36-47(37-39-50)45-16-4-1-5-17-45)67-63(51-18-6-2-7-19-51)66-43-44-28-30-46(31-29-44)48-32-34-49(35-33-48)52-40-41-55-54-22-10-11-23-56(54)64(59(55)42-52)57-24-12-14-26-60(57)68(53-20-8-3-9-21-53)61-27-15-13-25-58(61)64/h1-43,63H,(H2,65,67)/b66-43+. The van der Waals surface area contributed by atoms with Gasteiger partial charge >= 0.3 is 0 Å². The van der Waals surface area contributed by atoms with E-state index in [1.165, 1.54) is 55.9 Å². The largest absolute Gasteiger partial charge is 0.345 e. The zero-order valence-corrected chi connectivity index (χ0v) is 37.3. The van der Waals surface area contributed by atoms with Crippen LogP contribution in [0.4, 0.5) is 17.1 Å². The molecule has 2 N–H and O–H groups in total. The van der Waals surface area contributed by atoms with Crippen LogP contribution in [0.15, 0.2) is 260 Å². The van der Waals surface area contributed by atoms with E-state index in [-0.39, 0.29) is 0 Å². The van der Waals surface area contributed by atoms with E-state index in [9.17, 15) is 0 Å². The lowest BCUT2D eigenvalue weighted by Gasteiger charge is -2.45. The second-order valence-corrected chi connectivity index (χ2v) is 17.5. The molecule has 1 unspecified atom stereocenters. The molecule has 0 radical (unpaired) electrons. The van der Waals surface area contributed by atoms with Crippen molar-refractivity contribution in [2.75, 3.05) is 4.90 Å². The van der Waals surface area contributed by atoms with E-state index in [0.29, 0.717) is 5.84 Å². The molecule has 4 nitrogen and oxygen atoms in total. The fourth-order valence-corrected chi connectivity index (χ4v) is 10.4. The molecular weight excluding hydrogens is 825 g/mol. The zero-order valence-electron chi connectivity index (χ0n) is 37.3. The van der Waals surface area contributed by atoms with Gasteiger partial charge in [0.25, 0.3) is 0 Å². The normalized spacial score (nSPS) is 13.3. The summed E-state index contributed by atoms with van der Waals surface area (Å²) in [7, 11) is 0. The number of anilines is 3. The molecule has 10 aromatic rings. The van der Waals surface area contributed by atoms with Crippen molar-refractivity contribution < 1.29 is 0 Å². The van der Waals surface area contributed by atoms with Crippen LogP contribution in [0, 0.1) is 5.41 Å². The SMILES string of the molecule is N=C(NC(/N=C/c1ccc(-c2ccc(-c3ccc4c(c3)C3(c5ccccc5-4)c4ccccc4N(c4ccccc4)c4ccccc43)cc2)cc1)c1ccccc1)c1ccc(-c2ccccc2)cc1. The van der Waals surface area contributed by atoms with Gasteiger partial charge in [-0.1, -0.05) is 224 Å². The molecule has 4 heteroatoms. The van der Waals surface area contributed by atoms with Crippen LogP contribution in [0.25, 0.3) is 44.5 Å². The number of fused-ring (bicyclic) bond motifs is 9. The van der Waals surface area contributed by atoms with Crippen LogP contribution in [0.1, 0.15) is 45.1 Å². The number of para-hydroxylation sites is 3. The van der Waals surface area contributed by atoms with Crippen molar-refractivity contribution in [3.63, 3.8) is 0 Å². The first-order chi connectivity index (χ1) is 33.6. The molecule has 12 rings (SSSR count). The highest BCUT2D eigenvalue weighted by Gasteiger charge is 2.51. The van der Waals surface area contributed by atoms with Crippen molar-refractivity contribution in [3.05, 3.63) is 294 Å². The highest BCUT2D eigenvalue weighted by Crippen LogP contribution is 2.63. The predicted molar refractivity (Wildman–Crippen MR) is 281 cm³/mol. The summed E-state index contributed by atoms with van der Waals surface area (Å²) in [6, 6.07) is 90.8. The van der Waals surface area contributed by atoms with Gasteiger partial charge in [0.05, 0.1) is 16.8 Å². The third-order valence-electron chi connectivity index (χ3n) is 13.7. The Morgan fingerprint density at radius 2 is 0.882 bits per heavy atom. The van der Waals surface area contributed by atoms with Gasteiger partial charge in [-0.25, -0.2) is 0 Å². The van der Waals surface area contributed by atoms with Gasteiger partial charge < -0.3 is 10.2 Å². The van der Waals surface area contributed by atoms with Crippen LogP contribution < -0.4 is 10.2 Å². The lowest BCUT2D eigenvalue weighted by molar-refractivity contribution is 0.685.